The molecule has 2 unspecified atom stereocenters. The molecule has 7 heteroatoms. The Kier molecular flexibility index (Phi) is 6.25. The fraction of sp³-hybridized carbons (Fsp3) is 0.364. The van der Waals surface area contributed by atoms with Gasteiger partial charge in [0.05, 0.1) is 5.56 Å². The first-order chi connectivity index (χ1) is 13.8. The zero-order valence-corrected chi connectivity index (χ0v) is 16.1. The fourth-order valence-electron chi connectivity index (χ4n) is 3.26. The first kappa shape index (κ1) is 20.9. The van der Waals surface area contributed by atoms with E-state index in [0.717, 1.165) is 29.7 Å². The van der Waals surface area contributed by atoms with Crippen molar-refractivity contribution in [3.05, 3.63) is 70.8 Å². The number of carbonyl (C=O) groups excluding carboxylic acids is 2. The monoisotopic (exact) mass is 404 g/mol. The van der Waals surface area contributed by atoms with Gasteiger partial charge < -0.3 is 10.6 Å². The van der Waals surface area contributed by atoms with Crippen LogP contribution in [0.3, 0.4) is 0 Å². The highest BCUT2D eigenvalue weighted by Crippen LogP contribution is 2.48. The molecule has 0 bridgehead atoms. The average molecular weight is 404 g/mol. The molecule has 1 aliphatic rings. The number of carbonyl (C=O) groups is 2. The summed E-state index contributed by atoms with van der Waals surface area (Å²) in [6, 6.07) is 12.1. The zero-order valence-electron chi connectivity index (χ0n) is 16.1. The van der Waals surface area contributed by atoms with Crippen LogP contribution in [-0.2, 0) is 17.5 Å². The van der Waals surface area contributed by atoms with E-state index in [9.17, 15) is 22.8 Å². The molecule has 2 amide bonds. The van der Waals surface area contributed by atoms with Crippen molar-refractivity contribution in [3.63, 3.8) is 0 Å². The predicted molar refractivity (Wildman–Crippen MR) is 103 cm³/mol. The molecule has 2 N–H and O–H groups in total. The van der Waals surface area contributed by atoms with Crippen LogP contribution < -0.4 is 10.6 Å². The van der Waals surface area contributed by atoms with Gasteiger partial charge in [-0.25, -0.2) is 0 Å². The number of amides is 2. The quantitative estimate of drug-likeness (QED) is 0.724. The van der Waals surface area contributed by atoms with Gasteiger partial charge in [0.2, 0.25) is 5.91 Å². The summed E-state index contributed by atoms with van der Waals surface area (Å²) in [6.45, 7) is 2.87. The maximum absolute atomic E-state index is 12.7. The molecule has 3 rings (SSSR count). The molecule has 1 fully saturated rings. The number of benzene rings is 2. The normalized spacial score (nSPS) is 18.2. The smallest absolute Gasteiger partial charge is 0.352 e. The molecular formula is C22H23F3N2O2. The highest BCUT2D eigenvalue weighted by atomic mass is 19.4. The van der Waals surface area contributed by atoms with Crippen LogP contribution in [0.4, 0.5) is 13.2 Å². The minimum atomic E-state index is -4.36. The van der Waals surface area contributed by atoms with Gasteiger partial charge in [0.1, 0.15) is 0 Å². The van der Waals surface area contributed by atoms with Gasteiger partial charge in [0.15, 0.2) is 0 Å². The highest BCUT2D eigenvalue weighted by molar-refractivity contribution is 5.94. The second-order valence-electron chi connectivity index (χ2n) is 7.24. The van der Waals surface area contributed by atoms with Crippen molar-refractivity contribution in [3.8, 4) is 0 Å². The molecule has 0 saturated heterocycles. The second-order valence-corrected chi connectivity index (χ2v) is 7.24. The summed E-state index contributed by atoms with van der Waals surface area (Å²) in [6.07, 6.45) is -2.89. The van der Waals surface area contributed by atoms with Crippen LogP contribution in [0.15, 0.2) is 48.5 Å². The van der Waals surface area contributed by atoms with Crippen molar-refractivity contribution < 1.29 is 22.8 Å². The summed E-state index contributed by atoms with van der Waals surface area (Å²) in [5.74, 6) is -0.563. The van der Waals surface area contributed by atoms with Gasteiger partial charge in [-0.2, -0.15) is 13.2 Å². The Morgan fingerprint density at radius 2 is 1.79 bits per heavy atom. The van der Waals surface area contributed by atoms with Gasteiger partial charge in [-0.3, -0.25) is 9.59 Å². The number of hydrogen-bond acceptors (Lipinski definition) is 2. The van der Waals surface area contributed by atoms with E-state index in [0.29, 0.717) is 25.1 Å². The van der Waals surface area contributed by atoms with Crippen molar-refractivity contribution in [1.82, 2.24) is 10.6 Å². The zero-order chi connectivity index (χ0) is 21.0. The number of nitrogens with one attached hydrogen (secondary N) is 2. The molecule has 0 radical (unpaired) electrons. The lowest BCUT2D eigenvalue weighted by molar-refractivity contribution is -0.137. The Balaban J connectivity index is 1.53. The molecule has 0 aliphatic heterocycles. The molecule has 1 aliphatic carbocycles. The first-order valence-electron chi connectivity index (χ1n) is 9.61. The van der Waals surface area contributed by atoms with Gasteiger partial charge >= 0.3 is 6.18 Å². The number of rotatable bonds is 7. The largest absolute Gasteiger partial charge is 0.416 e. The summed E-state index contributed by atoms with van der Waals surface area (Å²) in [5.41, 5.74) is 1.41. The van der Waals surface area contributed by atoms with Crippen LogP contribution in [-0.4, -0.2) is 18.4 Å². The molecule has 2 aromatic rings. The summed E-state index contributed by atoms with van der Waals surface area (Å²) in [4.78, 5) is 24.4. The first-order valence-corrected chi connectivity index (χ1v) is 9.61. The van der Waals surface area contributed by atoms with Gasteiger partial charge in [-0.15, -0.1) is 0 Å². The third-order valence-electron chi connectivity index (χ3n) is 4.98. The van der Waals surface area contributed by atoms with E-state index in [4.69, 9.17) is 0 Å². The van der Waals surface area contributed by atoms with Crippen LogP contribution >= 0.6 is 0 Å². The Morgan fingerprint density at radius 1 is 1.07 bits per heavy atom. The summed E-state index contributed by atoms with van der Waals surface area (Å²) < 4.78 is 38.0. The molecule has 0 aromatic heterocycles. The van der Waals surface area contributed by atoms with Crippen LogP contribution in [0.2, 0.25) is 0 Å². The summed E-state index contributed by atoms with van der Waals surface area (Å²) >= 11 is 0. The van der Waals surface area contributed by atoms with Crippen LogP contribution in [0.1, 0.15) is 52.7 Å². The summed E-state index contributed by atoms with van der Waals surface area (Å²) in [5, 5.41) is 5.66. The number of hydrogen-bond donors (Lipinski definition) is 2. The molecule has 29 heavy (non-hydrogen) atoms. The van der Waals surface area contributed by atoms with Gasteiger partial charge in [-0.05, 0) is 54.2 Å². The minimum absolute atomic E-state index is 0.0524. The fourth-order valence-corrected chi connectivity index (χ4v) is 3.26. The maximum Gasteiger partial charge on any atom is 0.416 e. The number of alkyl halides is 3. The Bertz CT molecular complexity index is 878. The topological polar surface area (TPSA) is 58.2 Å². The molecule has 154 valence electrons. The van der Waals surface area contributed by atoms with E-state index >= 15 is 0 Å². The van der Waals surface area contributed by atoms with E-state index in [-0.39, 0.29) is 23.7 Å². The SMILES string of the molecule is CCCNC(=O)c1cccc(CNC(=O)C2CC2c2ccc(C(F)(F)F)cc2)c1. The summed E-state index contributed by atoms with van der Waals surface area (Å²) in [7, 11) is 0. The lowest BCUT2D eigenvalue weighted by Crippen LogP contribution is -2.26. The maximum atomic E-state index is 12.7. The third-order valence-corrected chi connectivity index (χ3v) is 4.98. The highest BCUT2D eigenvalue weighted by Gasteiger charge is 2.44. The molecule has 0 spiro atoms. The average Bonchev–Trinajstić information content (AvgIpc) is 3.51. The van der Waals surface area contributed by atoms with E-state index in [1.54, 1.807) is 18.2 Å². The molecule has 0 heterocycles. The van der Waals surface area contributed by atoms with Crippen molar-refractivity contribution >= 4 is 11.8 Å². The van der Waals surface area contributed by atoms with Crippen LogP contribution in [0, 0.1) is 5.92 Å². The van der Waals surface area contributed by atoms with Gasteiger partial charge in [-0.1, -0.05) is 31.2 Å². The molecule has 2 atom stereocenters. The van der Waals surface area contributed by atoms with Gasteiger partial charge in [0, 0.05) is 24.6 Å². The third kappa shape index (κ3) is 5.37. The molecule has 2 aromatic carbocycles. The van der Waals surface area contributed by atoms with E-state index in [1.165, 1.54) is 12.1 Å². The van der Waals surface area contributed by atoms with Crippen molar-refractivity contribution in [2.75, 3.05) is 6.54 Å². The van der Waals surface area contributed by atoms with Gasteiger partial charge in [0.25, 0.3) is 5.91 Å². The minimum Gasteiger partial charge on any atom is -0.352 e. The Morgan fingerprint density at radius 3 is 2.45 bits per heavy atom. The van der Waals surface area contributed by atoms with E-state index in [1.807, 2.05) is 13.0 Å². The molecule has 1 saturated carbocycles. The Hall–Kier alpha value is -2.83. The Labute approximate surface area is 167 Å². The predicted octanol–water partition coefficient (Wildman–Crippen LogP) is 4.27. The van der Waals surface area contributed by atoms with Crippen LogP contribution in [0.25, 0.3) is 0 Å². The standard InChI is InChI=1S/C22H23F3N2O2/c1-2-10-26-20(28)16-5-3-4-14(11-16)13-27-21(29)19-12-18(19)15-6-8-17(9-7-15)22(23,24)25/h3-9,11,18-19H,2,10,12-13H2,1H3,(H,26,28)(H,27,29). The van der Waals surface area contributed by atoms with Crippen molar-refractivity contribution in [1.29, 1.82) is 0 Å². The lowest BCUT2D eigenvalue weighted by Gasteiger charge is -2.09. The van der Waals surface area contributed by atoms with Crippen LogP contribution in [0.5, 0.6) is 0 Å². The van der Waals surface area contributed by atoms with Crippen molar-refractivity contribution in [2.24, 2.45) is 5.92 Å². The van der Waals surface area contributed by atoms with E-state index < -0.39 is 11.7 Å². The lowest BCUT2D eigenvalue weighted by atomic mass is 10.1. The number of halogens is 3. The molecular weight excluding hydrogens is 381 g/mol. The molecule has 4 nitrogen and oxygen atoms in total. The van der Waals surface area contributed by atoms with Crippen molar-refractivity contribution in [2.45, 2.75) is 38.4 Å². The second kappa shape index (κ2) is 8.68. The van der Waals surface area contributed by atoms with E-state index in [2.05, 4.69) is 10.6 Å².